The predicted octanol–water partition coefficient (Wildman–Crippen LogP) is 3.14. The van der Waals surface area contributed by atoms with Gasteiger partial charge in [-0.2, -0.15) is 0 Å². The molecule has 0 radical (unpaired) electrons. The molecule has 1 aromatic carbocycles. The van der Waals surface area contributed by atoms with E-state index in [9.17, 15) is 9.18 Å². The molecule has 2 N–H and O–H groups in total. The van der Waals surface area contributed by atoms with E-state index in [2.05, 4.69) is 15.6 Å². The average Bonchev–Trinajstić information content (AvgIpc) is 3.17. The number of amides is 1. The summed E-state index contributed by atoms with van der Waals surface area (Å²) < 4.78 is 15.3. The highest BCUT2D eigenvalue weighted by molar-refractivity contribution is 5.85. The monoisotopic (exact) mass is 416 g/mol. The van der Waals surface area contributed by atoms with Crippen molar-refractivity contribution in [2.75, 3.05) is 6.54 Å². The Morgan fingerprint density at radius 3 is 2.89 bits per heavy atom. The van der Waals surface area contributed by atoms with Gasteiger partial charge in [0.25, 0.3) is 0 Å². The summed E-state index contributed by atoms with van der Waals surface area (Å²) in [6.45, 7) is 0.548. The Morgan fingerprint density at radius 1 is 1.33 bits per heavy atom. The van der Waals surface area contributed by atoms with E-state index >= 15 is 0 Å². The van der Waals surface area contributed by atoms with Crippen LogP contribution in [0.1, 0.15) is 37.9 Å². The van der Waals surface area contributed by atoms with E-state index in [1.54, 1.807) is 6.07 Å². The minimum atomic E-state index is -0.260. The maximum Gasteiger partial charge on any atom is 0.237 e. The number of aryl methyl sites for hydroxylation is 1. The van der Waals surface area contributed by atoms with Crippen molar-refractivity contribution in [3.05, 3.63) is 29.8 Å². The first-order valence-corrected chi connectivity index (χ1v) is 9.26. The van der Waals surface area contributed by atoms with E-state index in [0.717, 1.165) is 23.3 Å². The first kappa shape index (κ1) is 21.9. The quantitative estimate of drug-likeness (QED) is 0.804. The molecular formula is C19H27Cl2FN4O. The van der Waals surface area contributed by atoms with Gasteiger partial charge in [-0.3, -0.25) is 4.79 Å². The Bertz CT molecular complexity index is 783. The molecule has 1 aliphatic heterocycles. The molecule has 1 aliphatic carbocycles. The topological polar surface area (TPSA) is 59.0 Å². The summed E-state index contributed by atoms with van der Waals surface area (Å²) in [7, 11) is 1.88. The number of fused-ring (bicyclic) bond motifs is 2. The third kappa shape index (κ3) is 4.55. The number of imidazole rings is 1. The van der Waals surface area contributed by atoms with Crippen LogP contribution >= 0.6 is 24.8 Å². The molecule has 8 heteroatoms. The van der Waals surface area contributed by atoms with Crippen LogP contribution in [0, 0.1) is 11.7 Å². The van der Waals surface area contributed by atoms with E-state index in [0.29, 0.717) is 24.9 Å². The van der Waals surface area contributed by atoms with Crippen LogP contribution in [0.25, 0.3) is 11.0 Å². The normalized spacial score (nSPS) is 24.0. The van der Waals surface area contributed by atoms with Gasteiger partial charge in [-0.05, 0) is 43.4 Å². The van der Waals surface area contributed by atoms with Crippen LogP contribution in [0.4, 0.5) is 4.39 Å². The zero-order chi connectivity index (χ0) is 17.4. The molecule has 1 saturated carbocycles. The molecule has 5 nitrogen and oxygen atoms in total. The zero-order valence-corrected chi connectivity index (χ0v) is 17.0. The highest BCUT2D eigenvalue weighted by Crippen LogP contribution is 2.33. The summed E-state index contributed by atoms with van der Waals surface area (Å²) in [5.41, 5.74) is 1.56. The second kappa shape index (κ2) is 9.22. The summed E-state index contributed by atoms with van der Waals surface area (Å²) >= 11 is 0. The van der Waals surface area contributed by atoms with Crippen LogP contribution in [0.15, 0.2) is 18.2 Å². The summed E-state index contributed by atoms with van der Waals surface area (Å²) in [4.78, 5) is 17.0. The third-order valence-electron chi connectivity index (χ3n) is 5.76. The number of aromatic nitrogens is 2. The lowest BCUT2D eigenvalue weighted by molar-refractivity contribution is -0.122. The summed E-state index contributed by atoms with van der Waals surface area (Å²) in [6, 6.07) is 5.08. The van der Waals surface area contributed by atoms with Crippen molar-refractivity contribution >= 4 is 41.8 Å². The number of halogens is 3. The largest absolute Gasteiger partial charge is 0.354 e. The summed E-state index contributed by atoms with van der Waals surface area (Å²) in [6.07, 6.45) is 6.61. The second-order valence-corrected chi connectivity index (χ2v) is 7.37. The number of carbonyl (C=O) groups is 1. The Hall–Kier alpha value is -1.37. The molecule has 2 heterocycles. The lowest BCUT2D eigenvalue weighted by Gasteiger charge is -2.24. The minimum Gasteiger partial charge on any atom is -0.354 e. The number of benzene rings is 1. The molecule has 2 fully saturated rings. The van der Waals surface area contributed by atoms with Gasteiger partial charge in [0, 0.05) is 26.1 Å². The third-order valence-corrected chi connectivity index (χ3v) is 5.76. The summed E-state index contributed by atoms with van der Waals surface area (Å²) in [5, 5.41) is 6.54. The number of rotatable bonds is 4. The van der Waals surface area contributed by atoms with Gasteiger partial charge >= 0.3 is 0 Å². The Labute approximate surface area is 171 Å². The predicted molar refractivity (Wildman–Crippen MR) is 109 cm³/mol. The standard InChI is InChI=1S/C19H25FN4O.2ClH/c1-24-17-11-13(20)6-7-15(17)23-18(24)8-9-21-19(25)16-10-12-4-2-3-5-14(12)22-16;;/h6-7,11-12,14,16,22H,2-5,8-10H2,1H3,(H,21,25);2*1H. The Morgan fingerprint density at radius 2 is 2.11 bits per heavy atom. The van der Waals surface area contributed by atoms with Gasteiger partial charge in [0.05, 0.1) is 17.1 Å². The molecule has 4 rings (SSSR count). The SMILES string of the molecule is Cl.Cl.Cn1c(CCNC(=O)C2CC3CCCCC3N2)nc2ccc(F)cc21. The van der Waals surface area contributed by atoms with E-state index in [1.165, 1.54) is 37.8 Å². The molecule has 1 amide bonds. The van der Waals surface area contributed by atoms with Crippen molar-refractivity contribution in [2.24, 2.45) is 13.0 Å². The van der Waals surface area contributed by atoms with Gasteiger partial charge in [-0.25, -0.2) is 9.37 Å². The average molecular weight is 417 g/mol. The van der Waals surface area contributed by atoms with Crippen molar-refractivity contribution < 1.29 is 9.18 Å². The Balaban J connectivity index is 0.00000131. The molecule has 27 heavy (non-hydrogen) atoms. The van der Waals surface area contributed by atoms with E-state index in [-0.39, 0.29) is 42.6 Å². The van der Waals surface area contributed by atoms with Gasteiger partial charge < -0.3 is 15.2 Å². The molecular weight excluding hydrogens is 390 g/mol. The molecule has 1 aromatic heterocycles. The smallest absolute Gasteiger partial charge is 0.237 e. The highest BCUT2D eigenvalue weighted by atomic mass is 35.5. The molecule has 0 bridgehead atoms. The second-order valence-electron chi connectivity index (χ2n) is 7.37. The van der Waals surface area contributed by atoms with Crippen LogP contribution in [-0.2, 0) is 18.3 Å². The molecule has 2 aromatic rings. The first-order valence-electron chi connectivity index (χ1n) is 9.26. The van der Waals surface area contributed by atoms with E-state index < -0.39 is 0 Å². The highest BCUT2D eigenvalue weighted by Gasteiger charge is 2.37. The van der Waals surface area contributed by atoms with Gasteiger partial charge in [0.2, 0.25) is 5.91 Å². The Kier molecular flexibility index (Phi) is 7.48. The molecule has 150 valence electrons. The maximum atomic E-state index is 13.4. The molecule has 2 aliphatic rings. The van der Waals surface area contributed by atoms with Crippen LogP contribution in [-0.4, -0.2) is 34.1 Å². The molecule has 3 unspecified atom stereocenters. The minimum absolute atomic E-state index is 0. The lowest BCUT2D eigenvalue weighted by atomic mass is 9.85. The fraction of sp³-hybridized carbons (Fsp3) is 0.579. The number of hydrogen-bond donors (Lipinski definition) is 2. The number of hydrogen-bond acceptors (Lipinski definition) is 3. The van der Waals surface area contributed by atoms with Crippen LogP contribution in [0.3, 0.4) is 0 Å². The van der Waals surface area contributed by atoms with Gasteiger partial charge in [0.15, 0.2) is 0 Å². The van der Waals surface area contributed by atoms with Gasteiger partial charge in [-0.15, -0.1) is 24.8 Å². The van der Waals surface area contributed by atoms with Crippen molar-refractivity contribution in [3.63, 3.8) is 0 Å². The maximum absolute atomic E-state index is 13.4. The van der Waals surface area contributed by atoms with Crippen molar-refractivity contribution in [1.29, 1.82) is 0 Å². The number of nitrogens with one attached hydrogen (secondary N) is 2. The van der Waals surface area contributed by atoms with E-state index in [4.69, 9.17) is 0 Å². The fourth-order valence-corrected chi connectivity index (χ4v) is 4.38. The van der Waals surface area contributed by atoms with Crippen LogP contribution in [0.5, 0.6) is 0 Å². The summed E-state index contributed by atoms with van der Waals surface area (Å²) in [5.74, 6) is 1.36. The lowest BCUT2D eigenvalue weighted by Crippen LogP contribution is -2.43. The van der Waals surface area contributed by atoms with Gasteiger partial charge in [-0.1, -0.05) is 12.8 Å². The van der Waals surface area contributed by atoms with E-state index in [1.807, 2.05) is 11.6 Å². The molecule has 0 spiro atoms. The molecule has 3 atom stereocenters. The first-order chi connectivity index (χ1) is 12.1. The zero-order valence-electron chi connectivity index (χ0n) is 15.4. The van der Waals surface area contributed by atoms with Crippen LogP contribution < -0.4 is 10.6 Å². The molecule has 1 saturated heterocycles. The number of nitrogens with zero attached hydrogens (tertiary/aromatic N) is 2. The number of carbonyl (C=O) groups excluding carboxylic acids is 1. The van der Waals surface area contributed by atoms with Gasteiger partial charge in [0.1, 0.15) is 11.6 Å². The van der Waals surface area contributed by atoms with Crippen LogP contribution in [0.2, 0.25) is 0 Å². The van der Waals surface area contributed by atoms with Crippen molar-refractivity contribution in [1.82, 2.24) is 20.2 Å². The fourth-order valence-electron chi connectivity index (χ4n) is 4.38. The van der Waals surface area contributed by atoms with Crippen molar-refractivity contribution in [3.8, 4) is 0 Å². The van der Waals surface area contributed by atoms with Crippen molar-refractivity contribution in [2.45, 2.75) is 50.6 Å².